The summed E-state index contributed by atoms with van der Waals surface area (Å²) in [4.78, 5) is 27.6. The average molecular weight is 296 g/mol. The van der Waals surface area contributed by atoms with Gasteiger partial charge in [0.15, 0.2) is 0 Å². The summed E-state index contributed by atoms with van der Waals surface area (Å²) in [6, 6.07) is 0. The maximum absolute atomic E-state index is 11.9. The van der Waals surface area contributed by atoms with Crippen LogP contribution in [0, 0.1) is 0 Å². The number of hydrogen-bond donors (Lipinski definition) is 1. The van der Waals surface area contributed by atoms with Gasteiger partial charge in [-0.3, -0.25) is 4.79 Å². The van der Waals surface area contributed by atoms with E-state index in [1.54, 1.807) is 12.3 Å². The summed E-state index contributed by atoms with van der Waals surface area (Å²) in [6.07, 6.45) is 5.19. The smallest absolute Gasteiger partial charge is 0.330 e. The molecule has 1 N–H and O–H groups in total. The van der Waals surface area contributed by atoms with E-state index in [2.05, 4.69) is 35.8 Å². The molecule has 1 aromatic heterocycles. The number of amides is 1. The van der Waals surface area contributed by atoms with Gasteiger partial charge in [0.1, 0.15) is 4.88 Å². The highest BCUT2D eigenvalue weighted by atomic mass is 32.1. The molecule has 0 bridgehead atoms. The third-order valence-corrected chi connectivity index (χ3v) is 3.84. The highest BCUT2D eigenvalue weighted by Crippen LogP contribution is 2.26. The van der Waals surface area contributed by atoms with Crippen molar-refractivity contribution in [2.24, 2.45) is 0 Å². The number of carbonyl (C=O) groups excluding carboxylic acids is 2. The minimum Gasteiger partial charge on any atom is -0.466 e. The fourth-order valence-electron chi connectivity index (χ4n) is 1.33. The summed E-state index contributed by atoms with van der Waals surface area (Å²) >= 11 is 1.40. The molecule has 5 nitrogen and oxygen atoms in total. The summed E-state index contributed by atoms with van der Waals surface area (Å²) in [5.74, 6) is -0.530. The molecule has 20 heavy (non-hydrogen) atoms. The SMILES string of the molecule is COC(=O)/C=C/CCNC(=O)c1cnc(C(C)(C)C)s1. The zero-order valence-electron chi connectivity index (χ0n) is 12.2. The van der Waals surface area contributed by atoms with Crippen LogP contribution in [0.25, 0.3) is 0 Å². The van der Waals surface area contributed by atoms with Gasteiger partial charge < -0.3 is 10.1 Å². The molecule has 1 amide bonds. The summed E-state index contributed by atoms with van der Waals surface area (Å²) in [6.45, 7) is 6.65. The topological polar surface area (TPSA) is 68.3 Å². The number of nitrogens with zero attached hydrogens (tertiary/aromatic N) is 1. The van der Waals surface area contributed by atoms with Crippen LogP contribution in [0.4, 0.5) is 0 Å². The number of methoxy groups -OCH3 is 1. The summed E-state index contributed by atoms with van der Waals surface area (Å²) in [7, 11) is 1.32. The average Bonchev–Trinajstić information content (AvgIpc) is 2.87. The number of rotatable bonds is 5. The number of nitrogens with one attached hydrogen (secondary N) is 1. The molecule has 0 radical (unpaired) electrons. The van der Waals surface area contributed by atoms with Gasteiger partial charge in [-0.05, 0) is 6.42 Å². The third kappa shape index (κ3) is 5.13. The Bertz CT molecular complexity index is 501. The molecule has 1 aromatic rings. The van der Waals surface area contributed by atoms with Crippen molar-refractivity contribution in [3.8, 4) is 0 Å². The maximum Gasteiger partial charge on any atom is 0.330 e. The lowest BCUT2D eigenvalue weighted by atomic mass is 9.98. The van der Waals surface area contributed by atoms with Crippen molar-refractivity contribution in [3.63, 3.8) is 0 Å². The number of hydrogen-bond acceptors (Lipinski definition) is 5. The van der Waals surface area contributed by atoms with Crippen LogP contribution in [-0.2, 0) is 14.9 Å². The van der Waals surface area contributed by atoms with Gasteiger partial charge in [-0.25, -0.2) is 9.78 Å². The predicted octanol–water partition coefficient (Wildman–Crippen LogP) is 2.29. The van der Waals surface area contributed by atoms with E-state index in [0.717, 1.165) is 5.01 Å². The number of thiazole rings is 1. The first-order chi connectivity index (χ1) is 9.34. The molecule has 0 atom stereocenters. The van der Waals surface area contributed by atoms with Crippen molar-refractivity contribution in [3.05, 3.63) is 28.2 Å². The van der Waals surface area contributed by atoms with Crippen LogP contribution in [0.1, 0.15) is 41.9 Å². The number of ether oxygens (including phenoxy) is 1. The van der Waals surface area contributed by atoms with Gasteiger partial charge in [-0.1, -0.05) is 26.8 Å². The number of esters is 1. The predicted molar refractivity (Wildman–Crippen MR) is 78.9 cm³/mol. The van der Waals surface area contributed by atoms with Crippen molar-refractivity contribution in [2.75, 3.05) is 13.7 Å². The van der Waals surface area contributed by atoms with Crippen molar-refractivity contribution in [1.29, 1.82) is 0 Å². The van der Waals surface area contributed by atoms with Crippen molar-refractivity contribution < 1.29 is 14.3 Å². The van der Waals surface area contributed by atoms with Crippen LogP contribution in [0.5, 0.6) is 0 Å². The lowest BCUT2D eigenvalue weighted by Crippen LogP contribution is -2.23. The molecule has 0 fully saturated rings. The molecule has 1 rings (SSSR count). The molecule has 0 aliphatic heterocycles. The Labute approximate surface area is 123 Å². The van der Waals surface area contributed by atoms with Gasteiger partial charge in [0.05, 0.1) is 18.3 Å². The molecule has 110 valence electrons. The van der Waals surface area contributed by atoms with Gasteiger partial charge in [0.25, 0.3) is 5.91 Å². The van der Waals surface area contributed by atoms with E-state index in [-0.39, 0.29) is 11.3 Å². The Hall–Kier alpha value is -1.69. The van der Waals surface area contributed by atoms with Crippen LogP contribution in [0.2, 0.25) is 0 Å². The van der Waals surface area contributed by atoms with Crippen LogP contribution in [-0.4, -0.2) is 30.5 Å². The van der Waals surface area contributed by atoms with Crippen LogP contribution >= 0.6 is 11.3 Å². The van der Waals surface area contributed by atoms with Gasteiger partial charge in [0, 0.05) is 18.0 Å². The van der Waals surface area contributed by atoms with Gasteiger partial charge in [-0.2, -0.15) is 0 Å². The minimum atomic E-state index is -0.395. The second-order valence-corrected chi connectivity index (χ2v) is 6.28. The summed E-state index contributed by atoms with van der Waals surface area (Å²) in [5, 5.41) is 3.72. The standard InChI is InChI=1S/C14H20N2O3S/c1-14(2,3)13-16-9-10(20-13)12(18)15-8-6-5-7-11(17)19-4/h5,7,9H,6,8H2,1-4H3,(H,15,18)/b7-5+. The first-order valence-corrected chi connectivity index (χ1v) is 7.15. The normalized spacial score (nSPS) is 11.6. The highest BCUT2D eigenvalue weighted by molar-refractivity contribution is 7.13. The van der Waals surface area contributed by atoms with Gasteiger partial charge in [0.2, 0.25) is 0 Å². The Morgan fingerprint density at radius 2 is 2.15 bits per heavy atom. The minimum absolute atomic E-state index is 0.0492. The summed E-state index contributed by atoms with van der Waals surface area (Å²) in [5.41, 5.74) is -0.0492. The molecule has 0 aromatic carbocycles. The van der Waals surface area contributed by atoms with E-state index < -0.39 is 5.97 Å². The molecule has 6 heteroatoms. The third-order valence-electron chi connectivity index (χ3n) is 2.42. The first kappa shape index (κ1) is 16.4. The van der Waals surface area contributed by atoms with Crippen molar-refractivity contribution in [1.82, 2.24) is 10.3 Å². The molecular weight excluding hydrogens is 276 g/mol. The zero-order chi connectivity index (χ0) is 15.2. The zero-order valence-corrected chi connectivity index (χ0v) is 13.0. The van der Waals surface area contributed by atoms with Crippen LogP contribution < -0.4 is 5.32 Å². The second-order valence-electron chi connectivity index (χ2n) is 5.25. The van der Waals surface area contributed by atoms with E-state index in [1.165, 1.54) is 24.5 Å². The van der Waals surface area contributed by atoms with Crippen LogP contribution in [0.15, 0.2) is 18.3 Å². The Kier molecular flexibility index (Phi) is 5.88. The molecule has 0 spiro atoms. The molecule has 0 aliphatic carbocycles. The van der Waals surface area contributed by atoms with E-state index >= 15 is 0 Å². The molecular formula is C14H20N2O3S. The monoisotopic (exact) mass is 296 g/mol. The number of carbonyl (C=O) groups is 2. The molecule has 1 heterocycles. The van der Waals surface area contributed by atoms with Crippen molar-refractivity contribution >= 4 is 23.2 Å². The van der Waals surface area contributed by atoms with E-state index in [9.17, 15) is 9.59 Å². The van der Waals surface area contributed by atoms with E-state index in [4.69, 9.17) is 0 Å². The Balaban J connectivity index is 2.42. The quantitative estimate of drug-likeness (QED) is 0.514. The van der Waals surface area contributed by atoms with E-state index in [0.29, 0.717) is 17.8 Å². The lowest BCUT2D eigenvalue weighted by Gasteiger charge is -2.13. The first-order valence-electron chi connectivity index (χ1n) is 6.33. The summed E-state index contributed by atoms with van der Waals surface area (Å²) < 4.78 is 4.46. The van der Waals surface area contributed by atoms with Gasteiger partial charge >= 0.3 is 5.97 Å². The Morgan fingerprint density at radius 1 is 1.45 bits per heavy atom. The molecule has 0 saturated heterocycles. The lowest BCUT2D eigenvalue weighted by molar-refractivity contribution is -0.134. The molecule has 0 aliphatic rings. The largest absolute Gasteiger partial charge is 0.466 e. The van der Waals surface area contributed by atoms with Gasteiger partial charge in [-0.15, -0.1) is 11.3 Å². The van der Waals surface area contributed by atoms with Crippen molar-refractivity contribution in [2.45, 2.75) is 32.6 Å². The maximum atomic E-state index is 11.9. The second kappa shape index (κ2) is 7.19. The molecule has 0 unspecified atom stereocenters. The van der Waals surface area contributed by atoms with E-state index in [1.807, 2.05) is 0 Å². The van der Waals surface area contributed by atoms with Crippen LogP contribution in [0.3, 0.4) is 0 Å². The molecule has 0 saturated carbocycles. The number of aromatic nitrogens is 1. The fraction of sp³-hybridized carbons (Fsp3) is 0.500. The highest BCUT2D eigenvalue weighted by Gasteiger charge is 2.19. The fourth-order valence-corrected chi connectivity index (χ4v) is 2.22. The Morgan fingerprint density at radius 3 is 2.70 bits per heavy atom.